The van der Waals surface area contributed by atoms with Crippen molar-refractivity contribution in [2.75, 3.05) is 18.5 Å². The van der Waals surface area contributed by atoms with Crippen molar-refractivity contribution in [2.45, 2.75) is 13.3 Å². The van der Waals surface area contributed by atoms with Crippen molar-refractivity contribution in [3.05, 3.63) is 42.4 Å². The minimum Gasteiger partial charge on any atom is -0.492 e. The van der Waals surface area contributed by atoms with Crippen molar-refractivity contribution in [3.8, 4) is 5.75 Å². The van der Waals surface area contributed by atoms with E-state index in [-0.39, 0.29) is 0 Å². The molecule has 3 N–H and O–H groups in total. The molecule has 19 heavy (non-hydrogen) atoms. The van der Waals surface area contributed by atoms with E-state index in [9.17, 15) is 0 Å². The van der Waals surface area contributed by atoms with Gasteiger partial charge in [0.15, 0.2) is 0 Å². The quantitative estimate of drug-likeness (QED) is 0.830. The molecular weight excluding hydrogens is 240 g/mol. The molecule has 0 aliphatic carbocycles. The topological polar surface area (TPSA) is 73.1 Å². The summed E-state index contributed by atoms with van der Waals surface area (Å²) in [5, 5.41) is 3.23. The second kappa shape index (κ2) is 6.70. The maximum absolute atomic E-state index is 5.42. The molecule has 0 amide bonds. The van der Waals surface area contributed by atoms with E-state index in [4.69, 9.17) is 10.5 Å². The predicted octanol–water partition coefficient (Wildman–Crippen LogP) is 2.12. The fraction of sp³-hybridized carbons (Fsp3) is 0.286. The van der Waals surface area contributed by atoms with E-state index >= 15 is 0 Å². The van der Waals surface area contributed by atoms with Crippen LogP contribution in [0.5, 0.6) is 5.75 Å². The largest absolute Gasteiger partial charge is 0.492 e. The summed E-state index contributed by atoms with van der Waals surface area (Å²) in [5.74, 6) is 1.61. The smallest absolute Gasteiger partial charge is 0.133 e. The Morgan fingerprint density at radius 2 is 2.00 bits per heavy atom. The molecule has 5 nitrogen and oxygen atoms in total. The first-order chi connectivity index (χ1) is 9.31. The zero-order valence-corrected chi connectivity index (χ0v) is 11.0. The van der Waals surface area contributed by atoms with Crippen LogP contribution in [0.4, 0.5) is 11.5 Å². The van der Waals surface area contributed by atoms with Gasteiger partial charge in [-0.1, -0.05) is 6.92 Å². The Labute approximate surface area is 112 Å². The second-order valence-corrected chi connectivity index (χ2v) is 4.03. The Morgan fingerprint density at radius 3 is 2.68 bits per heavy atom. The molecule has 1 heterocycles. The van der Waals surface area contributed by atoms with E-state index < -0.39 is 0 Å². The molecule has 0 spiro atoms. The standard InChI is InChI=1S/C14H18N4O/c1-2-11-9-14(17-10-16-11)18-12-3-5-13(6-4-12)19-8-7-15/h3-6,9-10H,2,7-8,15H2,1H3,(H,16,17,18). The van der Waals surface area contributed by atoms with Crippen molar-refractivity contribution in [1.29, 1.82) is 0 Å². The van der Waals surface area contributed by atoms with E-state index in [0.29, 0.717) is 13.2 Å². The van der Waals surface area contributed by atoms with Crippen LogP contribution in [0.15, 0.2) is 36.7 Å². The lowest BCUT2D eigenvalue weighted by atomic mass is 10.3. The van der Waals surface area contributed by atoms with E-state index in [0.717, 1.165) is 29.4 Å². The number of anilines is 2. The first-order valence-corrected chi connectivity index (χ1v) is 6.32. The van der Waals surface area contributed by atoms with Crippen molar-refractivity contribution in [3.63, 3.8) is 0 Å². The highest BCUT2D eigenvalue weighted by atomic mass is 16.5. The maximum Gasteiger partial charge on any atom is 0.133 e. The van der Waals surface area contributed by atoms with Crippen LogP contribution in [0.25, 0.3) is 0 Å². The van der Waals surface area contributed by atoms with Crippen LogP contribution in [0.3, 0.4) is 0 Å². The molecular formula is C14H18N4O. The molecule has 1 aromatic heterocycles. The van der Waals surface area contributed by atoms with Gasteiger partial charge in [-0.25, -0.2) is 9.97 Å². The third-order valence-corrected chi connectivity index (χ3v) is 2.60. The van der Waals surface area contributed by atoms with Crippen LogP contribution >= 0.6 is 0 Å². The van der Waals surface area contributed by atoms with Crippen molar-refractivity contribution in [1.82, 2.24) is 9.97 Å². The molecule has 0 saturated carbocycles. The normalized spacial score (nSPS) is 10.2. The Morgan fingerprint density at radius 1 is 1.21 bits per heavy atom. The Bertz CT molecular complexity index is 513. The summed E-state index contributed by atoms with van der Waals surface area (Å²) in [6.45, 7) is 3.11. The van der Waals surface area contributed by atoms with Crippen LogP contribution in [-0.4, -0.2) is 23.1 Å². The Hall–Kier alpha value is -2.14. The maximum atomic E-state index is 5.42. The molecule has 2 aromatic rings. The van der Waals surface area contributed by atoms with E-state index in [1.165, 1.54) is 0 Å². The molecule has 0 bridgehead atoms. The fourth-order valence-corrected chi connectivity index (χ4v) is 1.62. The molecule has 0 aliphatic heterocycles. The van der Waals surface area contributed by atoms with Gasteiger partial charge in [-0.05, 0) is 30.7 Å². The summed E-state index contributed by atoms with van der Waals surface area (Å²) < 4.78 is 5.42. The molecule has 1 aromatic carbocycles. The van der Waals surface area contributed by atoms with Crippen LogP contribution in [0.2, 0.25) is 0 Å². The number of nitrogens with one attached hydrogen (secondary N) is 1. The Balaban J connectivity index is 2.02. The molecule has 0 radical (unpaired) electrons. The van der Waals surface area contributed by atoms with Gasteiger partial charge >= 0.3 is 0 Å². The summed E-state index contributed by atoms with van der Waals surface area (Å²) in [4.78, 5) is 8.35. The van der Waals surface area contributed by atoms with Gasteiger partial charge in [0.05, 0.1) is 0 Å². The molecule has 0 atom stereocenters. The van der Waals surface area contributed by atoms with E-state index in [1.807, 2.05) is 30.3 Å². The van der Waals surface area contributed by atoms with Crippen molar-refractivity contribution in [2.24, 2.45) is 5.73 Å². The van der Waals surface area contributed by atoms with E-state index in [2.05, 4.69) is 22.2 Å². The highest BCUT2D eigenvalue weighted by Crippen LogP contribution is 2.19. The fourth-order valence-electron chi connectivity index (χ4n) is 1.62. The number of benzene rings is 1. The molecule has 2 rings (SSSR count). The summed E-state index contributed by atoms with van der Waals surface area (Å²) in [6.07, 6.45) is 2.46. The molecule has 0 unspecified atom stereocenters. The van der Waals surface area contributed by atoms with Gasteiger partial charge in [0, 0.05) is 24.0 Å². The highest BCUT2D eigenvalue weighted by Gasteiger charge is 1.99. The lowest BCUT2D eigenvalue weighted by Crippen LogP contribution is -2.10. The van der Waals surface area contributed by atoms with Crippen LogP contribution < -0.4 is 15.8 Å². The van der Waals surface area contributed by atoms with Gasteiger partial charge in [0.1, 0.15) is 24.5 Å². The first-order valence-electron chi connectivity index (χ1n) is 6.32. The molecule has 0 aliphatic rings. The van der Waals surface area contributed by atoms with Gasteiger partial charge in [-0.2, -0.15) is 0 Å². The SMILES string of the molecule is CCc1cc(Nc2ccc(OCCN)cc2)ncn1. The summed E-state index contributed by atoms with van der Waals surface area (Å²) >= 11 is 0. The lowest BCUT2D eigenvalue weighted by molar-refractivity contribution is 0.328. The second-order valence-electron chi connectivity index (χ2n) is 4.03. The van der Waals surface area contributed by atoms with Gasteiger partial charge in [-0.15, -0.1) is 0 Å². The summed E-state index contributed by atoms with van der Waals surface area (Å²) in [6, 6.07) is 9.64. The number of rotatable bonds is 6. The number of hydrogen-bond donors (Lipinski definition) is 2. The van der Waals surface area contributed by atoms with Gasteiger partial charge < -0.3 is 15.8 Å². The van der Waals surface area contributed by atoms with Crippen LogP contribution in [0.1, 0.15) is 12.6 Å². The molecule has 0 saturated heterocycles. The Kier molecular flexibility index (Phi) is 4.69. The monoisotopic (exact) mass is 258 g/mol. The van der Waals surface area contributed by atoms with Crippen molar-refractivity contribution >= 4 is 11.5 Å². The van der Waals surface area contributed by atoms with Crippen LogP contribution in [0, 0.1) is 0 Å². The molecule has 0 fully saturated rings. The molecule has 5 heteroatoms. The lowest BCUT2D eigenvalue weighted by Gasteiger charge is -2.08. The average molecular weight is 258 g/mol. The average Bonchev–Trinajstić information content (AvgIpc) is 2.47. The first kappa shape index (κ1) is 13.3. The summed E-state index contributed by atoms with van der Waals surface area (Å²) in [7, 11) is 0. The zero-order valence-electron chi connectivity index (χ0n) is 11.0. The van der Waals surface area contributed by atoms with Gasteiger partial charge in [0.25, 0.3) is 0 Å². The number of ether oxygens (including phenoxy) is 1. The number of nitrogens with zero attached hydrogens (tertiary/aromatic N) is 2. The van der Waals surface area contributed by atoms with Gasteiger partial charge in [0.2, 0.25) is 0 Å². The number of aryl methyl sites for hydroxylation is 1. The van der Waals surface area contributed by atoms with E-state index in [1.54, 1.807) is 6.33 Å². The molecule has 100 valence electrons. The zero-order chi connectivity index (χ0) is 13.5. The number of nitrogens with two attached hydrogens (primary N) is 1. The summed E-state index contributed by atoms with van der Waals surface area (Å²) in [5.41, 5.74) is 7.36. The number of aromatic nitrogens is 2. The van der Waals surface area contributed by atoms with Gasteiger partial charge in [-0.3, -0.25) is 0 Å². The third-order valence-electron chi connectivity index (χ3n) is 2.60. The predicted molar refractivity (Wildman–Crippen MR) is 75.7 cm³/mol. The minimum atomic E-state index is 0.515. The third kappa shape index (κ3) is 3.93. The number of hydrogen-bond acceptors (Lipinski definition) is 5. The van der Waals surface area contributed by atoms with Crippen molar-refractivity contribution < 1.29 is 4.74 Å². The highest BCUT2D eigenvalue weighted by molar-refractivity contribution is 5.57. The minimum absolute atomic E-state index is 0.515. The van der Waals surface area contributed by atoms with Crippen LogP contribution in [-0.2, 0) is 6.42 Å².